The predicted octanol–water partition coefficient (Wildman–Crippen LogP) is 2.09. The minimum absolute atomic E-state index is 0.0372. The lowest BCUT2D eigenvalue weighted by Gasteiger charge is -2.34. The Balaban J connectivity index is 1.47. The summed E-state index contributed by atoms with van der Waals surface area (Å²) >= 11 is 0. The maximum absolute atomic E-state index is 13.2. The number of fused-ring (bicyclic) bond motifs is 2. The molecule has 2 aliphatic rings. The highest BCUT2D eigenvalue weighted by atomic mass is 16.6. The van der Waals surface area contributed by atoms with Crippen LogP contribution in [0.2, 0.25) is 0 Å². The summed E-state index contributed by atoms with van der Waals surface area (Å²) < 4.78 is 22.5. The van der Waals surface area contributed by atoms with Gasteiger partial charge in [0.05, 0.1) is 19.7 Å². The fourth-order valence-corrected chi connectivity index (χ4v) is 4.25. The average Bonchev–Trinajstić information content (AvgIpc) is 2.91. The van der Waals surface area contributed by atoms with Crippen molar-refractivity contribution in [3.63, 3.8) is 0 Å². The lowest BCUT2D eigenvalue weighted by Crippen LogP contribution is -2.48. The summed E-state index contributed by atoms with van der Waals surface area (Å²) in [7, 11) is 3.09. The van der Waals surface area contributed by atoms with Crippen molar-refractivity contribution in [1.82, 2.24) is 14.9 Å². The van der Waals surface area contributed by atoms with Crippen LogP contribution in [0.15, 0.2) is 36.4 Å². The molecule has 11 nitrogen and oxygen atoms in total. The van der Waals surface area contributed by atoms with Crippen molar-refractivity contribution in [2.24, 2.45) is 0 Å². The Morgan fingerprint density at radius 1 is 1.00 bits per heavy atom. The first-order chi connectivity index (χ1) is 17.5. The number of amides is 2. The van der Waals surface area contributed by atoms with E-state index in [2.05, 4.69) is 5.32 Å². The Kier molecular flexibility index (Phi) is 6.36. The molecule has 1 aromatic heterocycles. The first kappa shape index (κ1) is 23.5. The van der Waals surface area contributed by atoms with Crippen molar-refractivity contribution in [2.75, 3.05) is 57.2 Å². The third-order valence-corrected chi connectivity index (χ3v) is 6.24. The van der Waals surface area contributed by atoms with Gasteiger partial charge in [-0.3, -0.25) is 9.59 Å². The summed E-state index contributed by atoms with van der Waals surface area (Å²) in [5.74, 6) is 2.50. The Morgan fingerprint density at radius 3 is 2.39 bits per heavy atom. The normalized spacial score (nSPS) is 17.0. The van der Waals surface area contributed by atoms with Crippen LogP contribution in [0.1, 0.15) is 6.92 Å². The highest BCUT2D eigenvalue weighted by Crippen LogP contribution is 2.36. The van der Waals surface area contributed by atoms with Crippen LogP contribution in [0.25, 0.3) is 10.9 Å². The smallest absolute Gasteiger partial charge is 0.270 e. The van der Waals surface area contributed by atoms with Crippen LogP contribution in [-0.2, 0) is 9.59 Å². The Labute approximate surface area is 207 Å². The summed E-state index contributed by atoms with van der Waals surface area (Å²) in [6.07, 6.45) is -0.854. The second-order valence-corrected chi connectivity index (χ2v) is 8.44. The van der Waals surface area contributed by atoms with Gasteiger partial charge in [0, 0.05) is 44.6 Å². The molecule has 0 spiro atoms. The molecule has 3 heterocycles. The zero-order chi connectivity index (χ0) is 25.2. The second-order valence-electron chi connectivity index (χ2n) is 8.44. The van der Waals surface area contributed by atoms with Gasteiger partial charge in [-0.2, -0.15) is 4.98 Å². The van der Waals surface area contributed by atoms with Crippen LogP contribution in [0.3, 0.4) is 0 Å². The van der Waals surface area contributed by atoms with Crippen molar-refractivity contribution >= 4 is 34.5 Å². The highest BCUT2D eigenvalue weighted by molar-refractivity contribution is 6.02. The van der Waals surface area contributed by atoms with Crippen LogP contribution in [0.4, 0.5) is 11.8 Å². The summed E-state index contributed by atoms with van der Waals surface area (Å²) in [6.45, 7) is 3.91. The number of aromatic nitrogens is 2. The van der Waals surface area contributed by atoms with Gasteiger partial charge in [0.2, 0.25) is 18.0 Å². The van der Waals surface area contributed by atoms with Gasteiger partial charge in [-0.05, 0) is 18.2 Å². The van der Waals surface area contributed by atoms with E-state index in [0.29, 0.717) is 71.8 Å². The Hall–Kier alpha value is -4.28. The summed E-state index contributed by atoms with van der Waals surface area (Å²) in [5.41, 5.74) is 0.577. The highest BCUT2D eigenvalue weighted by Gasteiger charge is 2.29. The van der Waals surface area contributed by atoms with Crippen molar-refractivity contribution < 1.29 is 28.5 Å². The number of piperazine rings is 1. The van der Waals surface area contributed by atoms with E-state index in [0.717, 1.165) is 0 Å². The largest absolute Gasteiger partial charge is 0.493 e. The van der Waals surface area contributed by atoms with Crippen LogP contribution >= 0.6 is 0 Å². The number of hydrogen-bond acceptors (Lipinski definition) is 9. The number of ether oxygens (including phenoxy) is 4. The molecule has 1 atom stereocenters. The molecule has 2 amide bonds. The third kappa shape index (κ3) is 4.51. The SMILES string of the molecule is COc1cc2nc(N3CCN(C(C)=O)CC3)nc(NC(=O)C3COc4ccccc4O3)c2cc1OC. The lowest BCUT2D eigenvalue weighted by atomic mass is 10.2. The van der Waals surface area contributed by atoms with E-state index in [1.54, 1.807) is 43.2 Å². The van der Waals surface area contributed by atoms with Crippen molar-refractivity contribution in [3.8, 4) is 23.0 Å². The quantitative estimate of drug-likeness (QED) is 0.570. The molecule has 1 N–H and O–H groups in total. The van der Waals surface area contributed by atoms with Crippen molar-refractivity contribution in [2.45, 2.75) is 13.0 Å². The summed E-state index contributed by atoms with van der Waals surface area (Å²) in [4.78, 5) is 38.1. The lowest BCUT2D eigenvalue weighted by molar-refractivity contribution is -0.129. The number of carbonyl (C=O) groups excluding carboxylic acids is 2. The van der Waals surface area contributed by atoms with E-state index in [1.165, 1.54) is 7.11 Å². The molecule has 11 heteroatoms. The number of nitrogens with zero attached hydrogens (tertiary/aromatic N) is 4. The molecule has 2 aliphatic heterocycles. The Bertz CT molecular complexity index is 1310. The van der Waals surface area contributed by atoms with Gasteiger partial charge in [-0.15, -0.1) is 0 Å². The predicted molar refractivity (Wildman–Crippen MR) is 132 cm³/mol. The molecule has 0 saturated carbocycles. The number of carbonyl (C=O) groups is 2. The molecule has 3 aromatic rings. The van der Waals surface area contributed by atoms with Crippen LogP contribution < -0.4 is 29.2 Å². The first-order valence-electron chi connectivity index (χ1n) is 11.6. The third-order valence-electron chi connectivity index (χ3n) is 6.24. The minimum atomic E-state index is -0.854. The van der Waals surface area contributed by atoms with E-state index >= 15 is 0 Å². The molecule has 36 heavy (non-hydrogen) atoms. The fourth-order valence-electron chi connectivity index (χ4n) is 4.25. The van der Waals surface area contributed by atoms with E-state index in [4.69, 9.17) is 28.9 Å². The zero-order valence-corrected chi connectivity index (χ0v) is 20.3. The molecule has 1 saturated heterocycles. The van der Waals surface area contributed by atoms with Gasteiger partial charge in [0.15, 0.2) is 23.0 Å². The Morgan fingerprint density at radius 2 is 1.69 bits per heavy atom. The number of hydrogen-bond donors (Lipinski definition) is 1. The number of anilines is 2. The number of methoxy groups -OCH3 is 2. The second kappa shape index (κ2) is 9.76. The van der Waals surface area contributed by atoms with Gasteiger partial charge in [-0.1, -0.05) is 12.1 Å². The number of rotatable bonds is 5. The molecule has 1 unspecified atom stereocenters. The van der Waals surface area contributed by atoms with Gasteiger partial charge < -0.3 is 34.1 Å². The van der Waals surface area contributed by atoms with Gasteiger partial charge in [-0.25, -0.2) is 4.98 Å². The molecule has 0 bridgehead atoms. The molecule has 188 valence electrons. The van der Waals surface area contributed by atoms with Crippen LogP contribution in [0, 0.1) is 0 Å². The maximum Gasteiger partial charge on any atom is 0.270 e. The fraction of sp³-hybridized carbons (Fsp3) is 0.360. The molecule has 0 radical (unpaired) electrons. The van der Waals surface area contributed by atoms with Crippen molar-refractivity contribution in [3.05, 3.63) is 36.4 Å². The van der Waals surface area contributed by atoms with Gasteiger partial charge in [0.25, 0.3) is 5.91 Å². The molecule has 2 aromatic carbocycles. The van der Waals surface area contributed by atoms with E-state index < -0.39 is 12.0 Å². The van der Waals surface area contributed by atoms with Crippen LogP contribution in [0.5, 0.6) is 23.0 Å². The first-order valence-corrected chi connectivity index (χ1v) is 11.6. The number of para-hydroxylation sites is 2. The van der Waals surface area contributed by atoms with Crippen molar-refractivity contribution in [1.29, 1.82) is 0 Å². The average molecular weight is 494 g/mol. The number of benzene rings is 2. The van der Waals surface area contributed by atoms with E-state index in [1.807, 2.05) is 17.0 Å². The maximum atomic E-state index is 13.2. The van der Waals surface area contributed by atoms with Crippen LogP contribution in [-0.4, -0.2) is 79.8 Å². The molecular weight excluding hydrogens is 466 g/mol. The van der Waals surface area contributed by atoms with E-state index in [-0.39, 0.29) is 12.5 Å². The topological polar surface area (TPSA) is 115 Å². The van der Waals surface area contributed by atoms with Gasteiger partial charge >= 0.3 is 0 Å². The molecule has 1 fully saturated rings. The monoisotopic (exact) mass is 493 g/mol. The van der Waals surface area contributed by atoms with Gasteiger partial charge in [0.1, 0.15) is 12.4 Å². The number of nitrogens with one attached hydrogen (secondary N) is 1. The summed E-state index contributed by atoms with van der Waals surface area (Å²) in [6, 6.07) is 10.7. The molecule has 0 aliphatic carbocycles. The minimum Gasteiger partial charge on any atom is -0.493 e. The van der Waals surface area contributed by atoms with E-state index in [9.17, 15) is 9.59 Å². The standard InChI is InChI=1S/C25H27N5O6/c1-15(31)29-8-10-30(11-9-29)25-26-17-13-21(34-3)20(33-2)12-16(17)23(28-25)27-24(32)22-14-35-18-6-4-5-7-19(18)36-22/h4-7,12-13,22H,8-11,14H2,1-3H3,(H,26,27,28,32). The molecule has 5 rings (SSSR count). The molecular formula is C25H27N5O6. The zero-order valence-electron chi connectivity index (χ0n) is 20.3. The summed E-state index contributed by atoms with van der Waals surface area (Å²) in [5, 5.41) is 3.49.